The van der Waals surface area contributed by atoms with Gasteiger partial charge in [-0.15, -0.1) is 0 Å². The maximum Gasteiger partial charge on any atom is 0.371 e. The lowest BCUT2D eigenvalue weighted by Crippen LogP contribution is -1.91. The molecule has 1 N–H and O–H groups in total. The van der Waals surface area contributed by atoms with Gasteiger partial charge >= 0.3 is 5.97 Å². The molecule has 94 valence electrons. The lowest BCUT2D eigenvalue weighted by molar-refractivity contribution is 0.0665. The molecule has 3 rings (SSSR count). The molecule has 0 spiro atoms. The second kappa shape index (κ2) is 4.78. The Balaban J connectivity index is 1.95. The third-order valence-electron chi connectivity index (χ3n) is 2.57. The minimum atomic E-state index is -1.06. The minimum absolute atomic E-state index is 0.0430. The van der Waals surface area contributed by atoms with Crippen LogP contribution in [0.5, 0.6) is 0 Å². The maximum absolute atomic E-state index is 10.8. The number of furan rings is 1. The zero-order chi connectivity index (χ0) is 13.2. The monoisotopic (exact) mass is 271 g/mol. The van der Waals surface area contributed by atoms with E-state index in [0.29, 0.717) is 5.58 Å². The molecule has 19 heavy (non-hydrogen) atoms. The number of carboxylic acids is 1. The Morgan fingerprint density at radius 3 is 2.84 bits per heavy atom. The summed E-state index contributed by atoms with van der Waals surface area (Å²) in [5.74, 6) is -1.10. The molecule has 0 aliphatic rings. The van der Waals surface area contributed by atoms with Crippen molar-refractivity contribution in [3.63, 3.8) is 0 Å². The van der Waals surface area contributed by atoms with E-state index in [4.69, 9.17) is 9.52 Å². The van der Waals surface area contributed by atoms with Crippen LogP contribution < -0.4 is 0 Å². The van der Waals surface area contributed by atoms with E-state index in [1.807, 2.05) is 24.3 Å². The standard InChI is InChI=1S/C14H9NO3S/c16-14(17)13-7-9-6-10(3-4-12(9)18-13)19-11-2-1-5-15-8-11/h1-8H,(H,16,17). The molecule has 0 unspecified atom stereocenters. The van der Waals surface area contributed by atoms with Crippen molar-refractivity contribution in [1.82, 2.24) is 4.98 Å². The van der Waals surface area contributed by atoms with Crippen molar-refractivity contribution in [2.24, 2.45) is 0 Å². The van der Waals surface area contributed by atoms with E-state index in [-0.39, 0.29) is 5.76 Å². The fourth-order valence-electron chi connectivity index (χ4n) is 1.73. The van der Waals surface area contributed by atoms with Crippen molar-refractivity contribution in [1.29, 1.82) is 0 Å². The molecule has 3 aromatic rings. The van der Waals surface area contributed by atoms with E-state index >= 15 is 0 Å². The minimum Gasteiger partial charge on any atom is -0.475 e. The van der Waals surface area contributed by atoms with E-state index in [1.165, 1.54) is 6.07 Å². The molecule has 0 fully saturated rings. The van der Waals surface area contributed by atoms with Gasteiger partial charge in [-0.25, -0.2) is 4.79 Å². The number of hydrogen-bond acceptors (Lipinski definition) is 4. The Hall–Kier alpha value is -2.27. The molecule has 0 radical (unpaired) electrons. The zero-order valence-electron chi connectivity index (χ0n) is 9.74. The van der Waals surface area contributed by atoms with E-state index in [2.05, 4.69) is 4.98 Å². The van der Waals surface area contributed by atoms with Gasteiger partial charge in [-0.3, -0.25) is 4.98 Å². The highest BCUT2D eigenvalue weighted by Crippen LogP contribution is 2.30. The van der Waals surface area contributed by atoms with Crippen LogP contribution in [-0.2, 0) is 0 Å². The molecular formula is C14H9NO3S. The predicted molar refractivity (Wildman–Crippen MR) is 71.5 cm³/mol. The average Bonchev–Trinajstić information content (AvgIpc) is 2.83. The highest BCUT2D eigenvalue weighted by Gasteiger charge is 2.10. The summed E-state index contributed by atoms with van der Waals surface area (Å²) in [6, 6.07) is 11.0. The summed E-state index contributed by atoms with van der Waals surface area (Å²) in [7, 11) is 0. The number of nitrogens with zero attached hydrogens (tertiary/aromatic N) is 1. The molecule has 0 aliphatic heterocycles. The van der Waals surface area contributed by atoms with Crippen LogP contribution in [-0.4, -0.2) is 16.1 Å². The van der Waals surface area contributed by atoms with Crippen molar-refractivity contribution >= 4 is 28.7 Å². The van der Waals surface area contributed by atoms with Crippen molar-refractivity contribution in [2.75, 3.05) is 0 Å². The van der Waals surface area contributed by atoms with E-state index in [9.17, 15) is 4.79 Å². The fraction of sp³-hybridized carbons (Fsp3) is 0. The fourth-order valence-corrected chi connectivity index (χ4v) is 2.59. The molecule has 0 saturated heterocycles. The topological polar surface area (TPSA) is 63.3 Å². The molecule has 1 aromatic carbocycles. The number of carboxylic acid groups (broad SMARTS) is 1. The highest BCUT2D eigenvalue weighted by atomic mass is 32.2. The number of fused-ring (bicyclic) bond motifs is 1. The van der Waals surface area contributed by atoms with Gasteiger partial charge in [0.1, 0.15) is 5.58 Å². The summed E-state index contributed by atoms with van der Waals surface area (Å²) in [4.78, 5) is 16.9. The lowest BCUT2D eigenvalue weighted by Gasteiger charge is -2.00. The van der Waals surface area contributed by atoms with Crippen molar-refractivity contribution < 1.29 is 14.3 Å². The third-order valence-corrected chi connectivity index (χ3v) is 3.54. The number of benzene rings is 1. The lowest BCUT2D eigenvalue weighted by atomic mass is 10.2. The van der Waals surface area contributed by atoms with Crippen LogP contribution in [0.1, 0.15) is 10.6 Å². The van der Waals surface area contributed by atoms with Gasteiger partial charge in [-0.2, -0.15) is 0 Å². The first kappa shape index (κ1) is 11.8. The smallest absolute Gasteiger partial charge is 0.371 e. The normalized spacial score (nSPS) is 10.7. The van der Waals surface area contributed by atoms with Gasteiger partial charge in [-0.05, 0) is 36.4 Å². The Kier molecular flexibility index (Phi) is 2.97. The molecule has 4 nitrogen and oxygen atoms in total. The van der Waals surface area contributed by atoms with E-state index < -0.39 is 5.97 Å². The van der Waals surface area contributed by atoms with Gasteiger partial charge in [-0.1, -0.05) is 11.8 Å². The Bertz CT molecular complexity index is 737. The Labute approximate surface area is 113 Å². The molecule has 2 aromatic heterocycles. The molecule has 2 heterocycles. The molecule has 0 bridgehead atoms. The summed E-state index contributed by atoms with van der Waals surface area (Å²) in [5.41, 5.74) is 0.577. The molecule has 0 amide bonds. The van der Waals surface area contributed by atoms with Crippen LogP contribution in [0.2, 0.25) is 0 Å². The van der Waals surface area contributed by atoms with Gasteiger partial charge in [0.15, 0.2) is 0 Å². The van der Waals surface area contributed by atoms with Gasteiger partial charge in [0, 0.05) is 27.6 Å². The zero-order valence-corrected chi connectivity index (χ0v) is 10.6. The SMILES string of the molecule is O=C(O)c1cc2cc(Sc3cccnc3)ccc2o1. The predicted octanol–water partition coefficient (Wildman–Crippen LogP) is 3.68. The van der Waals surface area contributed by atoms with Crippen LogP contribution in [0.3, 0.4) is 0 Å². The molecule has 0 saturated carbocycles. The Morgan fingerprint density at radius 2 is 2.11 bits per heavy atom. The number of carbonyl (C=O) groups is 1. The summed E-state index contributed by atoms with van der Waals surface area (Å²) in [6.45, 7) is 0. The molecule has 0 atom stereocenters. The van der Waals surface area contributed by atoms with Crippen LogP contribution in [0.4, 0.5) is 0 Å². The quantitative estimate of drug-likeness (QED) is 0.787. The van der Waals surface area contributed by atoms with Crippen LogP contribution in [0.15, 0.2) is 63.0 Å². The largest absolute Gasteiger partial charge is 0.475 e. The summed E-state index contributed by atoms with van der Waals surface area (Å²) >= 11 is 1.57. The molecule has 0 aliphatic carbocycles. The van der Waals surface area contributed by atoms with E-state index in [0.717, 1.165) is 15.2 Å². The van der Waals surface area contributed by atoms with Crippen LogP contribution in [0.25, 0.3) is 11.0 Å². The number of pyridine rings is 1. The van der Waals surface area contributed by atoms with Crippen molar-refractivity contribution in [2.45, 2.75) is 9.79 Å². The second-order valence-electron chi connectivity index (χ2n) is 3.91. The van der Waals surface area contributed by atoms with Gasteiger partial charge < -0.3 is 9.52 Å². The summed E-state index contributed by atoms with van der Waals surface area (Å²) in [5, 5.41) is 9.67. The van der Waals surface area contributed by atoms with Gasteiger partial charge in [0.2, 0.25) is 5.76 Å². The van der Waals surface area contributed by atoms with Crippen molar-refractivity contribution in [3.8, 4) is 0 Å². The van der Waals surface area contributed by atoms with Crippen LogP contribution >= 0.6 is 11.8 Å². The summed E-state index contributed by atoms with van der Waals surface area (Å²) < 4.78 is 5.21. The van der Waals surface area contributed by atoms with Crippen molar-refractivity contribution in [3.05, 3.63) is 54.6 Å². The highest BCUT2D eigenvalue weighted by molar-refractivity contribution is 7.99. The third kappa shape index (κ3) is 2.46. The molecular weight excluding hydrogens is 262 g/mol. The number of rotatable bonds is 3. The number of aromatic nitrogens is 1. The van der Waals surface area contributed by atoms with Gasteiger partial charge in [0.05, 0.1) is 0 Å². The van der Waals surface area contributed by atoms with Gasteiger partial charge in [0.25, 0.3) is 0 Å². The number of hydrogen-bond donors (Lipinski definition) is 1. The average molecular weight is 271 g/mol. The summed E-state index contributed by atoms with van der Waals surface area (Å²) in [6.07, 6.45) is 3.51. The van der Waals surface area contributed by atoms with Crippen LogP contribution in [0, 0.1) is 0 Å². The molecule has 5 heteroatoms. The van der Waals surface area contributed by atoms with E-state index in [1.54, 1.807) is 30.2 Å². The first-order valence-corrected chi connectivity index (χ1v) is 6.39. The Morgan fingerprint density at radius 1 is 1.21 bits per heavy atom. The maximum atomic E-state index is 10.8. The first-order chi connectivity index (χ1) is 9.22. The number of aromatic carboxylic acids is 1. The second-order valence-corrected chi connectivity index (χ2v) is 5.05. The first-order valence-electron chi connectivity index (χ1n) is 5.57.